The van der Waals surface area contributed by atoms with Crippen molar-refractivity contribution in [1.29, 1.82) is 0 Å². The summed E-state index contributed by atoms with van der Waals surface area (Å²) < 4.78 is 7.36. The molecule has 1 aliphatic heterocycles. The molecule has 5 rings (SSSR count). The molecule has 0 spiro atoms. The Morgan fingerprint density at radius 1 is 1.30 bits per heavy atom. The summed E-state index contributed by atoms with van der Waals surface area (Å²) in [5, 5.41) is 14.8. The number of carbonyl (C=O) groups excluding carboxylic acids is 1. The minimum atomic E-state index is -0.0525. The summed E-state index contributed by atoms with van der Waals surface area (Å²) in [7, 11) is 1.67. The summed E-state index contributed by atoms with van der Waals surface area (Å²) in [5.74, 6) is 0.773. The number of amides is 1. The molecule has 2 N–H and O–H groups in total. The molecule has 8 heteroatoms. The number of methoxy groups -OCH3 is 1. The van der Waals surface area contributed by atoms with Gasteiger partial charge in [0.25, 0.3) is 5.91 Å². The van der Waals surface area contributed by atoms with E-state index in [2.05, 4.69) is 26.5 Å². The average Bonchev–Trinajstić information content (AvgIpc) is 3.29. The summed E-state index contributed by atoms with van der Waals surface area (Å²) in [4.78, 5) is 15.3. The highest BCUT2D eigenvalue weighted by Gasteiger charge is 2.31. The van der Waals surface area contributed by atoms with Gasteiger partial charge in [-0.2, -0.15) is 10.2 Å². The van der Waals surface area contributed by atoms with Crippen LogP contribution in [0.4, 0.5) is 0 Å². The minimum absolute atomic E-state index is 0.0525. The molecule has 2 aliphatic rings. The SMILES string of the molecule is COc1cccc(Cn2nc(C(=O)NC3CC3)c3c2CCN(Cc2cn[nH]c2)C3)c1. The van der Waals surface area contributed by atoms with Gasteiger partial charge in [0.1, 0.15) is 5.75 Å². The monoisotopic (exact) mass is 406 g/mol. The first-order valence-electron chi connectivity index (χ1n) is 10.4. The number of hydrogen-bond acceptors (Lipinski definition) is 5. The third-order valence-corrected chi connectivity index (χ3v) is 5.77. The molecule has 1 aromatic carbocycles. The molecule has 3 aromatic rings. The quantitative estimate of drug-likeness (QED) is 0.628. The van der Waals surface area contributed by atoms with Crippen LogP contribution >= 0.6 is 0 Å². The predicted molar refractivity (Wildman–Crippen MR) is 111 cm³/mol. The molecule has 0 unspecified atom stereocenters. The highest BCUT2D eigenvalue weighted by molar-refractivity contribution is 5.94. The van der Waals surface area contributed by atoms with Crippen LogP contribution in [0.25, 0.3) is 0 Å². The van der Waals surface area contributed by atoms with Crippen molar-refractivity contribution >= 4 is 5.91 Å². The van der Waals surface area contributed by atoms with Gasteiger partial charge in [-0.15, -0.1) is 0 Å². The molecule has 30 heavy (non-hydrogen) atoms. The van der Waals surface area contributed by atoms with Crippen LogP contribution in [0.3, 0.4) is 0 Å². The first-order valence-corrected chi connectivity index (χ1v) is 10.4. The Labute approximate surface area is 175 Å². The van der Waals surface area contributed by atoms with Gasteiger partial charge < -0.3 is 10.1 Å². The van der Waals surface area contributed by atoms with Crippen molar-refractivity contribution in [3.63, 3.8) is 0 Å². The number of H-pyrrole nitrogens is 1. The van der Waals surface area contributed by atoms with Crippen LogP contribution in [-0.2, 0) is 26.1 Å². The van der Waals surface area contributed by atoms with Crippen LogP contribution in [0, 0.1) is 0 Å². The van der Waals surface area contributed by atoms with Crippen molar-refractivity contribution in [1.82, 2.24) is 30.2 Å². The summed E-state index contributed by atoms with van der Waals surface area (Å²) in [6.07, 6.45) is 6.75. The fourth-order valence-electron chi connectivity index (χ4n) is 4.04. The second-order valence-electron chi connectivity index (χ2n) is 8.10. The van der Waals surface area contributed by atoms with Crippen LogP contribution in [0.1, 0.15) is 45.7 Å². The molecule has 8 nitrogen and oxygen atoms in total. The van der Waals surface area contributed by atoms with E-state index in [9.17, 15) is 4.79 Å². The predicted octanol–water partition coefficient (Wildman–Crippen LogP) is 2.11. The van der Waals surface area contributed by atoms with Gasteiger partial charge in [0, 0.05) is 55.1 Å². The van der Waals surface area contributed by atoms with E-state index >= 15 is 0 Å². The maximum atomic E-state index is 12.9. The van der Waals surface area contributed by atoms with Crippen molar-refractivity contribution in [2.24, 2.45) is 0 Å². The molecule has 3 heterocycles. The van der Waals surface area contributed by atoms with Gasteiger partial charge in [-0.25, -0.2) is 0 Å². The minimum Gasteiger partial charge on any atom is -0.497 e. The lowest BCUT2D eigenvalue weighted by molar-refractivity contribution is 0.0943. The molecule has 156 valence electrons. The van der Waals surface area contributed by atoms with E-state index in [-0.39, 0.29) is 5.91 Å². The third-order valence-electron chi connectivity index (χ3n) is 5.77. The Hall–Kier alpha value is -3.13. The summed E-state index contributed by atoms with van der Waals surface area (Å²) in [5.41, 5.74) is 5.02. The summed E-state index contributed by atoms with van der Waals surface area (Å²) in [6, 6.07) is 8.31. The Balaban J connectivity index is 1.43. The Morgan fingerprint density at radius 2 is 2.20 bits per heavy atom. The van der Waals surface area contributed by atoms with Crippen LogP contribution in [-0.4, -0.2) is 50.5 Å². The van der Waals surface area contributed by atoms with Crippen LogP contribution in [0.5, 0.6) is 5.75 Å². The molecule has 2 aromatic heterocycles. The molecule has 0 bridgehead atoms. The molecule has 0 radical (unpaired) electrons. The number of fused-ring (bicyclic) bond motifs is 1. The zero-order valence-corrected chi connectivity index (χ0v) is 17.1. The topological polar surface area (TPSA) is 88.1 Å². The highest BCUT2D eigenvalue weighted by Crippen LogP contribution is 2.26. The van der Waals surface area contributed by atoms with Gasteiger partial charge in [-0.05, 0) is 30.5 Å². The van der Waals surface area contributed by atoms with E-state index in [0.717, 1.165) is 60.5 Å². The fraction of sp³-hybridized carbons (Fsp3) is 0.409. The van der Waals surface area contributed by atoms with Crippen LogP contribution in [0.2, 0.25) is 0 Å². The van der Waals surface area contributed by atoms with Gasteiger partial charge in [0.15, 0.2) is 5.69 Å². The zero-order chi connectivity index (χ0) is 20.5. The first kappa shape index (κ1) is 18.9. The molecule has 0 saturated heterocycles. The number of nitrogens with one attached hydrogen (secondary N) is 2. The van der Waals surface area contributed by atoms with Gasteiger partial charge in [0.2, 0.25) is 0 Å². The lowest BCUT2D eigenvalue weighted by Gasteiger charge is -2.27. The van der Waals surface area contributed by atoms with E-state index in [1.807, 2.05) is 35.3 Å². The Morgan fingerprint density at radius 3 is 2.97 bits per heavy atom. The summed E-state index contributed by atoms with van der Waals surface area (Å²) in [6.45, 7) is 3.07. The Kier molecular flexibility index (Phi) is 5.00. The lowest BCUT2D eigenvalue weighted by Crippen LogP contribution is -2.32. The van der Waals surface area contributed by atoms with Crippen molar-refractivity contribution in [3.05, 3.63) is 64.7 Å². The molecule has 1 fully saturated rings. The summed E-state index contributed by atoms with van der Waals surface area (Å²) >= 11 is 0. The zero-order valence-electron chi connectivity index (χ0n) is 17.1. The van der Waals surface area contributed by atoms with Gasteiger partial charge in [0.05, 0.1) is 19.9 Å². The number of benzene rings is 1. The number of ether oxygens (including phenoxy) is 1. The van der Waals surface area contributed by atoms with Crippen LogP contribution < -0.4 is 10.1 Å². The standard InChI is InChI=1S/C22H26N6O2/c1-30-18-4-2-3-15(9-18)13-28-20-7-8-27(12-16-10-23-24-11-16)14-19(20)21(26-28)22(29)25-17-5-6-17/h2-4,9-11,17H,5-8,12-14H2,1H3,(H,23,24)(H,25,29). The number of aromatic nitrogens is 4. The first-order chi connectivity index (χ1) is 14.7. The van der Waals surface area contributed by atoms with E-state index < -0.39 is 0 Å². The fourth-order valence-corrected chi connectivity index (χ4v) is 4.04. The largest absolute Gasteiger partial charge is 0.497 e. The molecule has 0 atom stereocenters. The van der Waals surface area contributed by atoms with Gasteiger partial charge >= 0.3 is 0 Å². The maximum absolute atomic E-state index is 12.9. The number of hydrogen-bond donors (Lipinski definition) is 2. The third kappa shape index (κ3) is 3.95. The Bertz CT molecular complexity index is 1040. The number of aromatic amines is 1. The van der Waals surface area contributed by atoms with E-state index in [1.165, 1.54) is 0 Å². The second kappa shape index (κ2) is 7.95. The molecule has 1 saturated carbocycles. The number of carbonyl (C=O) groups is 1. The van der Waals surface area contributed by atoms with E-state index in [1.54, 1.807) is 7.11 Å². The smallest absolute Gasteiger partial charge is 0.272 e. The number of rotatable bonds is 7. The second-order valence-corrected chi connectivity index (χ2v) is 8.10. The van der Waals surface area contributed by atoms with Crippen molar-refractivity contribution in [2.45, 2.75) is 44.9 Å². The lowest BCUT2D eigenvalue weighted by atomic mass is 10.0. The average molecular weight is 406 g/mol. The molecular weight excluding hydrogens is 380 g/mol. The van der Waals surface area contributed by atoms with E-state index in [0.29, 0.717) is 24.8 Å². The maximum Gasteiger partial charge on any atom is 0.272 e. The van der Waals surface area contributed by atoms with Gasteiger partial charge in [-0.3, -0.25) is 19.5 Å². The van der Waals surface area contributed by atoms with Crippen LogP contribution in [0.15, 0.2) is 36.7 Å². The molecular formula is C22H26N6O2. The van der Waals surface area contributed by atoms with Crippen molar-refractivity contribution in [3.8, 4) is 5.75 Å². The highest BCUT2D eigenvalue weighted by atomic mass is 16.5. The number of nitrogens with zero attached hydrogens (tertiary/aromatic N) is 4. The van der Waals surface area contributed by atoms with Gasteiger partial charge in [-0.1, -0.05) is 12.1 Å². The molecule has 1 amide bonds. The normalized spacial score (nSPS) is 16.3. The molecule has 1 aliphatic carbocycles. The van der Waals surface area contributed by atoms with Crippen molar-refractivity contribution in [2.75, 3.05) is 13.7 Å². The van der Waals surface area contributed by atoms with E-state index in [4.69, 9.17) is 9.84 Å². The van der Waals surface area contributed by atoms with Crippen molar-refractivity contribution < 1.29 is 9.53 Å².